The number of carbonyl (C=O) groups excluding carboxylic acids is 1. The van der Waals surface area contributed by atoms with Gasteiger partial charge in [0.05, 0.1) is 0 Å². The molecule has 0 aliphatic carbocycles. The smallest absolute Gasteiger partial charge is 0.167 e. The number of fused-ring (bicyclic) bond motifs is 1. The number of phenolic OH excluding ortho intramolecular Hbond substituents is 4. The maximum Gasteiger partial charge on any atom is 0.167 e. The number of Topliss-reactive ketones (excluding diaryl/α,β-unsaturated/α-hetero) is 1. The van der Waals surface area contributed by atoms with Crippen LogP contribution in [0.25, 0.3) is 0 Å². The van der Waals surface area contributed by atoms with Gasteiger partial charge in [-0.05, 0) is 24.6 Å². The maximum atomic E-state index is 12.1. The molecule has 0 saturated carbocycles. The van der Waals surface area contributed by atoms with Gasteiger partial charge in [-0.3, -0.25) is 4.79 Å². The highest BCUT2D eigenvalue weighted by Crippen LogP contribution is 2.47. The lowest BCUT2D eigenvalue weighted by Crippen LogP contribution is -2.50. The summed E-state index contributed by atoms with van der Waals surface area (Å²) in [4.78, 5) is 12.1. The van der Waals surface area contributed by atoms with Gasteiger partial charge in [0.1, 0.15) is 17.2 Å². The molecule has 7 nitrogen and oxygen atoms in total. The highest BCUT2D eigenvalue weighted by molar-refractivity contribution is 5.87. The Kier molecular flexibility index (Phi) is 3.53. The molecule has 0 bridgehead atoms. The molecule has 1 unspecified atom stereocenters. The lowest BCUT2D eigenvalue weighted by atomic mass is 9.79. The molecule has 1 heterocycles. The zero-order chi connectivity index (χ0) is 17.6. The predicted octanol–water partition coefficient (Wildman–Crippen LogP) is 1.51. The van der Waals surface area contributed by atoms with Crippen molar-refractivity contribution in [2.75, 3.05) is 0 Å². The van der Waals surface area contributed by atoms with E-state index in [-0.39, 0.29) is 40.5 Å². The minimum absolute atomic E-state index is 0.121. The third-order valence-electron chi connectivity index (χ3n) is 4.21. The van der Waals surface area contributed by atoms with E-state index in [0.717, 1.165) is 6.07 Å². The maximum absolute atomic E-state index is 12.1. The molecule has 0 amide bonds. The Hall–Kier alpha value is -2.93. The van der Waals surface area contributed by atoms with Crippen molar-refractivity contribution in [2.24, 2.45) is 0 Å². The van der Waals surface area contributed by atoms with Gasteiger partial charge in [-0.15, -0.1) is 0 Å². The van der Waals surface area contributed by atoms with E-state index in [2.05, 4.69) is 0 Å². The van der Waals surface area contributed by atoms with Crippen LogP contribution in [-0.4, -0.2) is 36.9 Å². The van der Waals surface area contributed by atoms with Crippen LogP contribution in [0.4, 0.5) is 0 Å². The van der Waals surface area contributed by atoms with Crippen LogP contribution in [0.2, 0.25) is 0 Å². The van der Waals surface area contributed by atoms with E-state index in [4.69, 9.17) is 4.74 Å². The second kappa shape index (κ2) is 5.31. The van der Waals surface area contributed by atoms with E-state index in [0.29, 0.717) is 0 Å². The SMILES string of the molecule is CC(=O)[C@@]1(O)Cc2c(O)cc(O)cc2OC1c1ccc(O)c(O)c1. The van der Waals surface area contributed by atoms with Crippen molar-refractivity contribution in [1.82, 2.24) is 0 Å². The molecule has 1 aliphatic rings. The van der Waals surface area contributed by atoms with E-state index in [1.807, 2.05) is 0 Å². The van der Waals surface area contributed by atoms with E-state index in [1.54, 1.807) is 0 Å². The lowest BCUT2D eigenvalue weighted by molar-refractivity contribution is -0.149. The van der Waals surface area contributed by atoms with Crippen molar-refractivity contribution in [1.29, 1.82) is 0 Å². The summed E-state index contributed by atoms with van der Waals surface area (Å²) in [5.74, 6) is -1.76. The third-order valence-corrected chi connectivity index (χ3v) is 4.21. The Bertz CT molecular complexity index is 830. The molecule has 2 aromatic rings. The lowest BCUT2D eigenvalue weighted by Gasteiger charge is -2.39. The number of aromatic hydroxyl groups is 4. The van der Waals surface area contributed by atoms with Crippen molar-refractivity contribution < 1.29 is 35.1 Å². The van der Waals surface area contributed by atoms with Gasteiger partial charge >= 0.3 is 0 Å². The molecule has 7 heteroatoms. The minimum atomic E-state index is -1.98. The first-order valence-corrected chi connectivity index (χ1v) is 7.19. The van der Waals surface area contributed by atoms with Crippen LogP contribution in [0, 0.1) is 0 Å². The number of hydrogen-bond acceptors (Lipinski definition) is 7. The average Bonchev–Trinajstić information content (AvgIpc) is 2.50. The summed E-state index contributed by atoms with van der Waals surface area (Å²) >= 11 is 0. The molecule has 2 atom stereocenters. The van der Waals surface area contributed by atoms with E-state index in [1.165, 1.54) is 31.2 Å². The van der Waals surface area contributed by atoms with E-state index < -0.39 is 23.2 Å². The standard InChI is InChI=1S/C17H16O7/c1-8(18)17(23)7-11-13(21)5-10(19)6-15(11)24-16(17)9-2-3-12(20)14(22)4-9/h2-6,16,19-23H,7H2,1H3/t16?,17-/m0/s1. The Labute approximate surface area is 137 Å². The fourth-order valence-corrected chi connectivity index (χ4v) is 2.84. The van der Waals surface area contributed by atoms with Crippen LogP contribution in [0.5, 0.6) is 28.7 Å². The second-order valence-electron chi connectivity index (χ2n) is 5.84. The van der Waals surface area contributed by atoms with Gasteiger partial charge in [0.15, 0.2) is 29.0 Å². The number of hydrogen-bond donors (Lipinski definition) is 5. The number of rotatable bonds is 2. The number of ether oxygens (including phenoxy) is 1. The Morgan fingerprint density at radius 1 is 1.08 bits per heavy atom. The Morgan fingerprint density at radius 2 is 1.79 bits per heavy atom. The molecule has 3 rings (SSSR count). The van der Waals surface area contributed by atoms with Crippen LogP contribution in [0.3, 0.4) is 0 Å². The molecular formula is C17H16O7. The molecule has 0 saturated heterocycles. The normalized spacial score (nSPS) is 22.5. The van der Waals surface area contributed by atoms with Crippen LogP contribution in [0.1, 0.15) is 24.2 Å². The van der Waals surface area contributed by atoms with Gasteiger partial charge < -0.3 is 30.3 Å². The second-order valence-corrected chi connectivity index (χ2v) is 5.84. The van der Waals surface area contributed by atoms with Gasteiger partial charge in [-0.1, -0.05) is 6.07 Å². The van der Waals surface area contributed by atoms with Crippen LogP contribution in [-0.2, 0) is 11.2 Å². The summed E-state index contributed by atoms with van der Waals surface area (Å²) in [6, 6.07) is 6.16. The van der Waals surface area contributed by atoms with Crippen LogP contribution in [0.15, 0.2) is 30.3 Å². The fourth-order valence-electron chi connectivity index (χ4n) is 2.84. The quantitative estimate of drug-likeness (QED) is 0.527. The van der Waals surface area contributed by atoms with Crippen LogP contribution < -0.4 is 4.74 Å². The summed E-state index contributed by atoms with van der Waals surface area (Å²) in [6.45, 7) is 1.19. The number of ketones is 1. The van der Waals surface area contributed by atoms with Gasteiger partial charge in [0, 0.05) is 24.1 Å². The highest BCUT2D eigenvalue weighted by atomic mass is 16.5. The molecule has 2 aromatic carbocycles. The van der Waals surface area contributed by atoms with E-state index >= 15 is 0 Å². The fraction of sp³-hybridized carbons (Fsp3) is 0.235. The third kappa shape index (κ3) is 2.39. The number of phenols is 4. The first-order valence-electron chi connectivity index (χ1n) is 7.19. The molecule has 5 N–H and O–H groups in total. The minimum Gasteiger partial charge on any atom is -0.508 e. The van der Waals surface area contributed by atoms with Crippen molar-refractivity contribution in [3.8, 4) is 28.7 Å². The van der Waals surface area contributed by atoms with Gasteiger partial charge in [0.2, 0.25) is 0 Å². The summed E-state index contributed by atoms with van der Waals surface area (Å²) in [6.07, 6.45) is -1.41. The highest BCUT2D eigenvalue weighted by Gasteiger charge is 2.49. The molecule has 1 aliphatic heterocycles. The Morgan fingerprint density at radius 3 is 2.42 bits per heavy atom. The Balaban J connectivity index is 2.15. The molecule has 24 heavy (non-hydrogen) atoms. The molecule has 126 valence electrons. The van der Waals surface area contributed by atoms with Crippen molar-refractivity contribution >= 4 is 5.78 Å². The number of aliphatic hydroxyl groups is 1. The summed E-state index contributed by atoms with van der Waals surface area (Å²) < 4.78 is 5.67. The molecule has 0 aromatic heterocycles. The van der Waals surface area contributed by atoms with E-state index in [9.17, 15) is 30.3 Å². The van der Waals surface area contributed by atoms with Crippen molar-refractivity contribution in [2.45, 2.75) is 25.0 Å². The molecule has 0 fully saturated rings. The molecular weight excluding hydrogens is 316 g/mol. The summed E-state index contributed by atoms with van der Waals surface area (Å²) in [5, 5.41) is 49.5. The molecule has 0 radical (unpaired) electrons. The summed E-state index contributed by atoms with van der Waals surface area (Å²) in [7, 11) is 0. The largest absolute Gasteiger partial charge is 0.508 e. The zero-order valence-corrected chi connectivity index (χ0v) is 12.7. The zero-order valence-electron chi connectivity index (χ0n) is 12.7. The predicted molar refractivity (Wildman–Crippen MR) is 82.2 cm³/mol. The van der Waals surface area contributed by atoms with Crippen molar-refractivity contribution in [3.63, 3.8) is 0 Å². The number of benzene rings is 2. The van der Waals surface area contributed by atoms with Gasteiger partial charge in [-0.25, -0.2) is 0 Å². The van der Waals surface area contributed by atoms with Gasteiger partial charge in [-0.2, -0.15) is 0 Å². The summed E-state index contributed by atoms with van der Waals surface area (Å²) in [5.41, 5.74) is -1.52. The first kappa shape index (κ1) is 15.9. The first-order chi connectivity index (χ1) is 11.2. The van der Waals surface area contributed by atoms with Crippen LogP contribution >= 0.6 is 0 Å². The molecule has 0 spiro atoms. The average molecular weight is 332 g/mol. The number of carbonyl (C=O) groups is 1. The van der Waals surface area contributed by atoms with Crippen molar-refractivity contribution in [3.05, 3.63) is 41.5 Å². The van der Waals surface area contributed by atoms with Gasteiger partial charge in [0.25, 0.3) is 0 Å². The monoisotopic (exact) mass is 332 g/mol. The topological polar surface area (TPSA) is 127 Å².